The highest BCUT2D eigenvalue weighted by molar-refractivity contribution is 5.65. The van der Waals surface area contributed by atoms with Gasteiger partial charge in [-0.25, -0.2) is 0 Å². The Hall–Kier alpha value is -1.38. The van der Waals surface area contributed by atoms with E-state index in [2.05, 4.69) is 22.0 Å². The average molecular weight is 164 g/mol. The van der Waals surface area contributed by atoms with Crippen LogP contribution < -0.4 is 16.0 Å². The molecule has 12 heavy (non-hydrogen) atoms. The number of nitrogens with one attached hydrogen (secondary N) is 3. The number of rotatable bonds is 3. The van der Waals surface area contributed by atoms with Gasteiger partial charge in [-0.15, -0.1) is 0 Å². The van der Waals surface area contributed by atoms with E-state index in [0.717, 1.165) is 17.1 Å². The first-order chi connectivity index (χ1) is 5.80. The minimum Gasteiger partial charge on any atom is -0.388 e. The predicted octanol–water partition coefficient (Wildman–Crippen LogP) is 1.61. The van der Waals surface area contributed by atoms with E-state index in [1.54, 1.807) is 0 Å². The van der Waals surface area contributed by atoms with E-state index in [1.807, 2.05) is 33.3 Å². The molecular formula is C9H14N3. The van der Waals surface area contributed by atoms with E-state index in [0.29, 0.717) is 0 Å². The molecule has 0 saturated carbocycles. The quantitative estimate of drug-likeness (QED) is 0.635. The molecule has 0 aliphatic heterocycles. The van der Waals surface area contributed by atoms with Crippen molar-refractivity contribution in [2.45, 2.75) is 0 Å². The molecule has 0 aromatic heterocycles. The van der Waals surface area contributed by atoms with Crippen LogP contribution in [-0.4, -0.2) is 21.1 Å². The summed E-state index contributed by atoms with van der Waals surface area (Å²) in [6, 6.07) is 7.16. The largest absolute Gasteiger partial charge is 0.388 e. The molecule has 3 N–H and O–H groups in total. The second-order valence-electron chi connectivity index (χ2n) is 2.45. The van der Waals surface area contributed by atoms with Gasteiger partial charge in [0.25, 0.3) is 0 Å². The molecular weight excluding hydrogens is 150 g/mol. The number of hydrogen-bond acceptors (Lipinski definition) is 3. The summed E-state index contributed by atoms with van der Waals surface area (Å²) < 4.78 is 0. The molecule has 0 atom stereocenters. The lowest BCUT2D eigenvalue weighted by molar-refractivity contribution is 1.43. The van der Waals surface area contributed by atoms with E-state index < -0.39 is 0 Å². The first-order valence-electron chi connectivity index (χ1n) is 3.90. The summed E-state index contributed by atoms with van der Waals surface area (Å²) in [5.41, 5.74) is 3.03. The van der Waals surface area contributed by atoms with Crippen molar-refractivity contribution in [3.63, 3.8) is 0 Å². The molecule has 0 aliphatic carbocycles. The molecule has 0 heterocycles. The molecule has 65 valence electrons. The van der Waals surface area contributed by atoms with Gasteiger partial charge in [0, 0.05) is 44.3 Å². The maximum atomic E-state index is 3.16. The van der Waals surface area contributed by atoms with Gasteiger partial charge < -0.3 is 16.0 Å². The van der Waals surface area contributed by atoms with Crippen LogP contribution in [0, 0.1) is 6.07 Å². The molecule has 0 unspecified atom stereocenters. The number of benzene rings is 1. The molecule has 0 saturated heterocycles. The Balaban J connectivity index is 3.01. The van der Waals surface area contributed by atoms with Crippen LogP contribution in [0.3, 0.4) is 0 Å². The van der Waals surface area contributed by atoms with Crippen LogP contribution in [0.25, 0.3) is 0 Å². The Bertz CT molecular complexity index is 203. The van der Waals surface area contributed by atoms with Gasteiger partial charge in [-0.3, -0.25) is 0 Å². The highest BCUT2D eigenvalue weighted by atomic mass is 14.9. The average Bonchev–Trinajstić information content (AvgIpc) is 2.16. The van der Waals surface area contributed by atoms with Crippen molar-refractivity contribution in [1.82, 2.24) is 0 Å². The van der Waals surface area contributed by atoms with Gasteiger partial charge in [-0.1, -0.05) is 0 Å². The van der Waals surface area contributed by atoms with E-state index >= 15 is 0 Å². The lowest BCUT2D eigenvalue weighted by Crippen LogP contribution is -1.96. The fourth-order valence-electron chi connectivity index (χ4n) is 0.984. The molecule has 0 fully saturated rings. The molecule has 1 aromatic rings. The molecule has 3 heteroatoms. The molecule has 3 nitrogen and oxygen atoms in total. The second kappa shape index (κ2) is 3.85. The summed E-state index contributed by atoms with van der Waals surface area (Å²) in [4.78, 5) is 0. The SMILES string of the molecule is CNc1[c]c(NC)cc(NC)c1. The van der Waals surface area contributed by atoms with Crippen molar-refractivity contribution in [1.29, 1.82) is 0 Å². The van der Waals surface area contributed by atoms with E-state index in [1.165, 1.54) is 0 Å². The maximum Gasteiger partial charge on any atom is 0.0460 e. The van der Waals surface area contributed by atoms with Crippen LogP contribution in [0.1, 0.15) is 0 Å². The third-order valence-electron chi connectivity index (χ3n) is 1.70. The third kappa shape index (κ3) is 1.81. The Morgan fingerprint density at radius 1 is 0.917 bits per heavy atom. The van der Waals surface area contributed by atoms with Crippen LogP contribution in [0.4, 0.5) is 17.1 Å². The molecule has 1 rings (SSSR count). The molecule has 0 spiro atoms. The highest BCUT2D eigenvalue weighted by Crippen LogP contribution is 2.20. The van der Waals surface area contributed by atoms with Crippen molar-refractivity contribution in [2.75, 3.05) is 37.1 Å². The summed E-state index contributed by atoms with van der Waals surface area (Å²) in [5.74, 6) is 0. The standard InChI is InChI=1S/C9H14N3/c1-10-7-4-8(11-2)6-9(5-7)12-3/h4-5,10-12H,1-3H3. The Morgan fingerprint density at radius 3 is 1.75 bits per heavy atom. The second-order valence-corrected chi connectivity index (χ2v) is 2.45. The van der Waals surface area contributed by atoms with E-state index in [4.69, 9.17) is 0 Å². The van der Waals surface area contributed by atoms with Gasteiger partial charge in [-0.05, 0) is 12.1 Å². The molecule has 0 bridgehead atoms. The summed E-state index contributed by atoms with van der Waals surface area (Å²) in [7, 11) is 5.66. The molecule has 0 aliphatic rings. The Morgan fingerprint density at radius 2 is 1.42 bits per heavy atom. The van der Waals surface area contributed by atoms with E-state index in [9.17, 15) is 0 Å². The molecule has 0 amide bonds. The van der Waals surface area contributed by atoms with Gasteiger partial charge in [0.1, 0.15) is 0 Å². The van der Waals surface area contributed by atoms with Crippen molar-refractivity contribution < 1.29 is 0 Å². The summed E-state index contributed by atoms with van der Waals surface area (Å²) in [6.07, 6.45) is 0. The molecule has 1 radical (unpaired) electrons. The minimum absolute atomic E-state index is 0.978. The maximum absolute atomic E-state index is 3.16. The van der Waals surface area contributed by atoms with Crippen LogP contribution in [0.15, 0.2) is 12.1 Å². The summed E-state index contributed by atoms with van der Waals surface area (Å²) in [6.45, 7) is 0. The van der Waals surface area contributed by atoms with Crippen LogP contribution >= 0.6 is 0 Å². The Kier molecular flexibility index (Phi) is 2.80. The predicted molar refractivity (Wildman–Crippen MR) is 53.9 cm³/mol. The van der Waals surface area contributed by atoms with Gasteiger partial charge in [0.05, 0.1) is 0 Å². The van der Waals surface area contributed by atoms with Crippen LogP contribution in [-0.2, 0) is 0 Å². The zero-order valence-corrected chi connectivity index (χ0v) is 7.65. The zero-order chi connectivity index (χ0) is 8.97. The fraction of sp³-hybridized carbons (Fsp3) is 0.333. The lowest BCUT2D eigenvalue weighted by atomic mass is 10.2. The van der Waals surface area contributed by atoms with Crippen LogP contribution in [0.5, 0.6) is 0 Å². The minimum atomic E-state index is 0.978. The van der Waals surface area contributed by atoms with Crippen molar-refractivity contribution in [3.05, 3.63) is 18.2 Å². The van der Waals surface area contributed by atoms with Crippen molar-refractivity contribution in [3.8, 4) is 0 Å². The summed E-state index contributed by atoms with van der Waals surface area (Å²) in [5, 5.41) is 9.16. The van der Waals surface area contributed by atoms with Crippen molar-refractivity contribution >= 4 is 17.1 Å². The zero-order valence-electron chi connectivity index (χ0n) is 7.65. The molecule has 1 aromatic carbocycles. The van der Waals surface area contributed by atoms with Gasteiger partial charge in [0.15, 0.2) is 0 Å². The number of anilines is 3. The normalized spacial score (nSPS) is 9.25. The highest BCUT2D eigenvalue weighted by Gasteiger charge is 1.96. The monoisotopic (exact) mass is 164 g/mol. The first kappa shape index (κ1) is 8.71. The van der Waals surface area contributed by atoms with Gasteiger partial charge >= 0.3 is 0 Å². The fourth-order valence-corrected chi connectivity index (χ4v) is 0.984. The van der Waals surface area contributed by atoms with Crippen LogP contribution in [0.2, 0.25) is 0 Å². The third-order valence-corrected chi connectivity index (χ3v) is 1.70. The topological polar surface area (TPSA) is 36.1 Å². The Labute approximate surface area is 73.2 Å². The number of hydrogen-bond donors (Lipinski definition) is 3. The smallest absolute Gasteiger partial charge is 0.0460 e. The van der Waals surface area contributed by atoms with Gasteiger partial charge in [0.2, 0.25) is 0 Å². The van der Waals surface area contributed by atoms with E-state index in [-0.39, 0.29) is 0 Å². The van der Waals surface area contributed by atoms with Crippen molar-refractivity contribution in [2.24, 2.45) is 0 Å². The van der Waals surface area contributed by atoms with Gasteiger partial charge in [-0.2, -0.15) is 0 Å². The lowest BCUT2D eigenvalue weighted by Gasteiger charge is -2.07. The summed E-state index contributed by atoms with van der Waals surface area (Å²) >= 11 is 0. The first-order valence-corrected chi connectivity index (χ1v) is 3.90.